The number of rotatable bonds is 4. The second kappa shape index (κ2) is 8.91. The van der Waals surface area contributed by atoms with Crippen LogP contribution in [0.15, 0.2) is 40.8 Å². The van der Waals surface area contributed by atoms with Crippen LogP contribution in [0.25, 0.3) is 0 Å². The minimum Gasteiger partial charge on any atom is -0.352 e. The SMILES string of the molecule is CN=C(NCc1cccs1)NCc1ncccc1C.I. The van der Waals surface area contributed by atoms with Crippen LogP contribution >= 0.6 is 35.3 Å². The molecule has 0 unspecified atom stereocenters. The minimum absolute atomic E-state index is 0. The number of aryl methyl sites for hydroxylation is 1. The van der Waals surface area contributed by atoms with Crippen LogP contribution in [-0.2, 0) is 13.1 Å². The first-order chi connectivity index (χ1) is 9.29. The van der Waals surface area contributed by atoms with Crippen molar-refractivity contribution in [3.05, 3.63) is 52.0 Å². The summed E-state index contributed by atoms with van der Waals surface area (Å²) in [5, 5.41) is 8.63. The van der Waals surface area contributed by atoms with Crippen molar-refractivity contribution in [2.75, 3.05) is 7.05 Å². The minimum atomic E-state index is 0. The van der Waals surface area contributed by atoms with Crippen LogP contribution in [0.5, 0.6) is 0 Å². The Balaban J connectivity index is 0.00000200. The third-order valence-electron chi connectivity index (χ3n) is 2.77. The maximum absolute atomic E-state index is 4.35. The van der Waals surface area contributed by atoms with Crippen LogP contribution in [0.4, 0.5) is 0 Å². The predicted octanol–water partition coefficient (Wildman–Crippen LogP) is 2.93. The molecule has 0 radical (unpaired) electrons. The lowest BCUT2D eigenvalue weighted by Crippen LogP contribution is -2.36. The molecular formula is C14H19IN4S. The van der Waals surface area contributed by atoms with E-state index in [0.717, 1.165) is 18.2 Å². The molecule has 0 saturated carbocycles. The first-order valence-corrected chi connectivity index (χ1v) is 7.05. The van der Waals surface area contributed by atoms with Crippen molar-refractivity contribution in [3.63, 3.8) is 0 Å². The van der Waals surface area contributed by atoms with Gasteiger partial charge in [0.25, 0.3) is 0 Å². The lowest BCUT2D eigenvalue weighted by molar-refractivity contribution is 0.794. The largest absolute Gasteiger partial charge is 0.352 e. The van der Waals surface area contributed by atoms with Crippen molar-refractivity contribution < 1.29 is 0 Å². The van der Waals surface area contributed by atoms with Gasteiger partial charge >= 0.3 is 0 Å². The van der Waals surface area contributed by atoms with Crippen LogP contribution in [-0.4, -0.2) is 18.0 Å². The van der Waals surface area contributed by atoms with E-state index in [0.29, 0.717) is 6.54 Å². The van der Waals surface area contributed by atoms with Gasteiger partial charge in [0.1, 0.15) is 0 Å². The Hall–Kier alpha value is -1.15. The Morgan fingerprint density at radius 3 is 2.70 bits per heavy atom. The first kappa shape index (κ1) is 16.9. The molecule has 0 amide bonds. The highest BCUT2D eigenvalue weighted by molar-refractivity contribution is 14.0. The number of halogens is 1. The second-order valence-electron chi connectivity index (χ2n) is 4.13. The highest BCUT2D eigenvalue weighted by Crippen LogP contribution is 2.07. The molecule has 0 atom stereocenters. The molecule has 2 aromatic rings. The Bertz CT molecular complexity index is 540. The monoisotopic (exact) mass is 402 g/mol. The van der Waals surface area contributed by atoms with Gasteiger partial charge in [-0.2, -0.15) is 0 Å². The summed E-state index contributed by atoms with van der Waals surface area (Å²) >= 11 is 1.73. The van der Waals surface area contributed by atoms with E-state index in [-0.39, 0.29) is 24.0 Å². The molecule has 4 nitrogen and oxygen atoms in total. The lowest BCUT2D eigenvalue weighted by atomic mass is 10.2. The zero-order chi connectivity index (χ0) is 13.5. The molecule has 0 spiro atoms. The quantitative estimate of drug-likeness (QED) is 0.470. The Morgan fingerprint density at radius 2 is 2.05 bits per heavy atom. The normalized spacial score (nSPS) is 10.8. The summed E-state index contributed by atoms with van der Waals surface area (Å²) in [5.74, 6) is 0.790. The maximum atomic E-state index is 4.35. The third-order valence-corrected chi connectivity index (χ3v) is 3.65. The van der Waals surface area contributed by atoms with E-state index >= 15 is 0 Å². The zero-order valence-electron chi connectivity index (χ0n) is 11.6. The summed E-state index contributed by atoms with van der Waals surface area (Å²) in [4.78, 5) is 9.84. The molecule has 6 heteroatoms. The number of aliphatic imine (C=N–C) groups is 1. The van der Waals surface area contributed by atoms with Crippen molar-refractivity contribution in [3.8, 4) is 0 Å². The van der Waals surface area contributed by atoms with E-state index in [2.05, 4.69) is 51.1 Å². The molecular weight excluding hydrogens is 383 g/mol. The van der Waals surface area contributed by atoms with Gasteiger partial charge in [0, 0.05) is 18.1 Å². The van der Waals surface area contributed by atoms with Crippen LogP contribution in [0.1, 0.15) is 16.1 Å². The van der Waals surface area contributed by atoms with E-state index in [1.807, 2.05) is 12.3 Å². The molecule has 0 aliphatic heterocycles. The van der Waals surface area contributed by atoms with Gasteiger partial charge in [-0.15, -0.1) is 35.3 Å². The second-order valence-corrected chi connectivity index (χ2v) is 5.16. The van der Waals surface area contributed by atoms with Crippen LogP contribution < -0.4 is 10.6 Å². The molecule has 108 valence electrons. The summed E-state index contributed by atoms with van der Waals surface area (Å²) in [7, 11) is 1.77. The van der Waals surface area contributed by atoms with Crippen LogP contribution in [0.3, 0.4) is 0 Å². The molecule has 0 aliphatic rings. The van der Waals surface area contributed by atoms with E-state index in [1.54, 1.807) is 18.4 Å². The fraction of sp³-hybridized carbons (Fsp3) is 0.286. The number of nitrogens with zero attached hydrogens (tertiary/aromatic N) is 2. The van der Waals surface area contributed by atoms with Crippen molar-refractivity contribution in [2.45, 2.75) is 20.0 Å². The van der Waals surface area contributed by atoms with Gasteiger partial charge in [0.2, 0.25) is 0 Å². The molecule has 2 heterocycles. The van der Waals surface area contributed by atoms with E-state index in [4.69, 9.17) is 0 Å². The standard InChI is InChI=1S/C14H18N4S.HI/c1-11-5-3-7-16-13(11)10-18-14(15-2)17-9-12-6-4-8-19-12;/h3-8H,9-10H2,1-2H3,(H2,15,17,18);1H. The average Bonchev–Trinajstić information content (AvgIpc) is 2.94. The van der Waals surface area contributed by atoms with Crippen molar-refractivity contribution >= 4 is 41.3 Å². The third kappa shape index (κ3) is 5.09. The van der Waals surface area contributed by atoms with E-state index in [9.17, 15) is 0 Å². The Labute approximate surface area is 140 Å². The van der Waals surface area contributed by atoms with Gasteiger partial charge in [-0.05, 0) is 30.0 Å². The molecule has 2 rings (SSSR count). The van der Waals surface area contributed by atoms with E-state index < -0.39 is 0 Å². The first-order valence-electron chi connectivity index (χ1n) is 6.17. The zero-order valence-corrected chi connectivity index (χ0v) is 14.7. The average molecular weight is 402 g/mol. The number of thiophene rings is 1. The molecule has 0 saturated heterocycles. The smallest absolute Gasteiger partial charge is 0.191 e. The summed E-state index contributed by atoms with van der Waals surface area (Å²) in [6.45, 7) is 3.53. The fourth-order valence-electron chi connectivity index (χ4n) is 1.68. The number of guanidine groups is 1. The van der Waals surface area contributed by atoms with Crippen molar-refractivity contribution in [1.82, 2.24) is 15.6 Å². The van der Waals surface area contributed by atoms with Gasteiger partial charge < -0.3 is 10.6 Å². The molecule has 0 aliphatic carbocycles. The molecule has 2 N–H and O–H groups in total. The van der Waals surface area contributed by atoms with Crippen molar-refractivity contribution in [2.24, 2.45) is 4.99 Å². The number of aromatic nitrogens is 1. The van der Waals surface area contributed by atoms with Gasteiger partial charge in [0.05, 0.1) is 18.8 Å². The number of nitrogens with one attached hydrogen (secondary N) is 2. The summed E-state index contributed by atoms with van der Waals surface area (Å²) in [5.41, 5.74) is 2.23. The number of hydrogen-bond acceptors (Lipinski definition) is 3. The lowest BCUT2D eigenvalue weighted by Gasteiger charge is -2.11. The maximum Gasteiger partial charge on any atom is 0.191 e. The Kier molecular flexibility index (Phi) is 7.53. The van der Waals surface area contributed by atoms with Gasteiger partial charge in [-0.25, -0.2) is 0 Å². The van der Waals surface area contributed by atoms with Crippen LogP contribution in [0, 0.1) is 6.92 Å². The van der Waals surface area contributed by atoms with Gasteiger partial charge in [0.15, 0.2) is 5.96 Å². The molecule has 2 aromatic heterocycles. The highest BCUT2D eigenvalue weighted by Gasteiger charge is 2.02. The van der Waals surface area contributed by atoms with Gasteiger partial charge in [-0.1, -0.05) is 12.1 Å². The molecule has 0 bridgehead atoms. The topological polar surface area (TPSA) is 49.3 Å². The highest BCUT2D eigenvalue weighted by atomic mass is 127. The van der Waals surface area contributed by atoms with Crippen molar-refractivity contribution in [1.29, 1.82) is 0 Å². The predicted molar refractivity (Wildman–Crippen MR) is 95.7 cm³/mol. The van der Waals surface area contributed by atoms with Gasteiger partial charge in [-0.3, -0.25) is 9.98 Å². The number of hydrogen-bond donors (Lipinski definition) is 2. The fourth-order valence-corrected chi connectivity index (χ4v) is 2.32. The van der Waals surface area contributed by atoms with E-state index in [1.165, 1.54) is 10.4 Å². The summed E-state index contributed by atoms with van der Waals surface area (Å²) < 4.78 is 0. The Morgan fingerprint density at radius 1 is 1.25 bits per heavy atom. The summed E-state index contributed by atoms with van der Waals surface area (Å²) in [6, 6.07) is 8.16. The summed E-state index contributed by atoms with van der Waals surface area (Å²) in [6.07, 6.45) is 1.81. The molecule has 20 heavy (non-hydrogen) atoms. The molecule has 0 aromatic carbocycles. The molecule has 0 fully saturated rings. The number of pyridine rings is 1. The van der Waals surface area contributed by atoms with Crippen LogP contribution in [0.2, 0.25) is 0 Å².